The maximum atomic E-state index is 12.3. The van der Waals surface area contributed by atoms with Gasteiger partial charge in [0.2, 0.25) is 5.79 Å². The summed E-state index contributed by atoms with van der Waals surface area (Å²) in [5.74, 6) is -0.933. The van der Waals surface area contributed by atoms with Crippen LogP contribution >= 0.6 is 8.81 Å². The molecule has 1 aromatic carbocycles. The van der Waals surface area contributed by atoms with Gasteiger partial charge in [-0.3, -0.25) is 4.79 Å². The number of ketones is 1. The van der Waals surface area contributed by atoms with Gasteiger partial charge in [0.25, 0.3) is 0 Å². The Labute approximate surface area is 151 Å². The molecule has 1 unspecified atom stereocenters. The zero-order valence-corrected chi connectivity index (χ0v) is 16.2. The Morgan fingerprint density at radius 1 is 1.20 bits per heavy atom. The molecule has 0 saturated heterocycles. The lowest BCUT2D eigenvalue weighted by molar-refractivity contribution is -0.184. The summed E-state index contributed by atoms with van der Waals surface area (Å²) >= 11 is 0. The molecule has 1 aliphatic rings. The van der Waals surface area contributed by atoms with Crippen molar-refractivity contribution in [3.05, 3.63) is 59.2 Å². The van der Waals surface area contributed by atoms with E-state index >= 15 is 0 Å². The molecule has 0 heterocycles. The van der Waals surface area contributed by atoms with Crippen molar-refractivity contribution in [1.29, 1.82) is 0 Å². The molecule has 0 amide bonds. The first-order valence-corrected chi connectivity index (χ1v) is 9.11. The van der Waals surface area contributed by atoms with Gasteiger partial charge in [0.05, 0.1) is 6.16 Å². The fourth-order valence-electron chi connectivity index (χ4n) is 2.72. The van der Waals surface area contributed by atoms with E-state index in [4.69, 9.17) is 19.1 Å². The van der Waals surface area contributed by atoms with Crippen molar-refractivity contribution in [2.24, 2.45) is 0 Å². The van der Waals surface area contributed by atoms with Gasteiger partial charge in [-0.2, -0.15) is 0 Å². The summed E-state index contributed by atoms with van der Waals surface area (Å²) in [7, 11) is 6.01. The van der Waals surface area contributed by atoms with Gasteiger partial charge in [-0.1, -0.05) is 36.4 Å². The monoisotopic (exact) mass is 366 g/mol. The quantitative estimate of drug-likeness (QED) is 0.434. The van der Waals surface area contributed by atoms with Gasteiger partial charge < -0.3 is 19.1 Å². The van der Waals surface area contributed by atoms with E-state index in [-0.39, 0.29) is 14.6 Å². The van der Waals surface area contributed by atoms with Gasteiger partial charge in [-0.15, -0.1) is 0 Å². The lowest BCUT2D eigenvalue weighted by atomic mass is 9.91. The normalized spacial score (nSPS) is 14.2. The van der Waals surface area contributed by atoms with Gasteiger partial charge in [0.1, 0.15) is 0 Å². The Morgan fingerprint density at radius 2 is 1.92 bits per heavy atom. The van der Waals surface area contributed by atoms with E-state index < -0.39 is 5.79 Å². The van der Waals surface area contributed by atoms with Crippen LogP contribution in [0.3, 0.4) is 0 Å². The average Bonchev–Trinajstić information content (AvgIpc) is 2.70. The molecule has 2 rings (SSSR count). The van der Waals surface area contributed by atoms with E-state index in [1.807, 2.05) is 30.3 Å². The van der Waals surface area contributed by atoms with E-state index in [2.05, 4.69) is 12.2 Å². The van der Waals surface area contributed by atoms with Crippen LogP contribution in [0.25, 0.3) is 0 Å². The molecular formula is C19H27O5P. The number of carbonyl (C=O) groups excluding carboxylic acids is 1. The summed E-state index contributed by atoms with van der Waals surface area (Å²) in [6, 6.07) is 7.44. The van der Waals surface area contributed by atoms with Crippen molar-refractivity contribution >= 4 is 14.6 Å². The second kappa shape index (κ2) is 11.3. The van der Waals surface area contributed by atoms with E-state index in [1.165, 1.54) is 0 Å². The van der Waals surface area contributed by atoms with Gasteiger partial charge in [0.15, 0.2) is 5.78 Å². The summed E-state index contributed by atoms with van der Waals surface area (Å²) in [5, 5.41) is 7.00. The van der Waals surface area contributed by atoms with Crippen molar-refractivity contribution in [2.75, 3.05) is 34.6 Å². The van der Waals surface area contributed by atoms with Crippen LogP contribution in [0.2, 0.25) is 0 Å². The summed E-state index contributed by atoms with van der Waals surface area (Å²) in [6.07, 6.45) is 8.61. The average molecular weight is 366 g/mol. The SMILES string of the molecule is CO.COPCC(=O)c1cccc(C(OC)(OC)C2=CCCC=C2)c1. The van der Waals surface area contributed by atoms with Crippen LogP contribution < -0.4 is 0 Å². The molecule has 0 radical (unpaired) electrons. The number of ether oxygens (including phenoxy) is 2. The van der Waals surface area contributed by atoms with Crippen molar-refractivity contribution in [1.82, 2.24) is 0 Å². The zero-order valence-electron chi connectivity index (χ0n) is 15.2. The molecule has 0 aromatic heterocycles. The van der Waals surface area contributed by atoms with Gasteiger partial charge in [0, 0.05) is 53.9 Å². The fourth-order valence-corrected chi connectivity index (χ4v) is 3.20. The zero-order chi connectivity index (χ0) is 18.7. The molecule has 6 heteroatoms. The Bertz CT molecular complexity index is 606. The van der Waals surface area contributed by atoms with Crippen LogP contribution in [0, 0.1) is 0 Å². The first kappa shape index (κ1) is 21.7. The molecule has 1 N–H and O–H groups in total. The topological polar surface area (TPSA) is 65.0 Å². The maximum absolute atomic E-state index is 12.3. The van der Waals surface area contributed by atoms with E-state index in [1.54, 1.807) is 21.3 Å². The second-order valence-electron chi connectivity index (χ2n) is 5.19. The van der Waals surface area contributed by atoms with E-state index in [0.717, 1.165) is 31.1 Å². The molecular weight excluding hydrogens is 339 g/mol. The van der Waals surface area contributed by atoms with Crippen LogP contribution in [0.1, 0.15) is 28.8 Å². The molecule has 1 aromatic rings. The van der Waals surface area contributed by atoms with Crippen molar-refractivity contribution in [2.45, 2.75) is 18.6 Å². The third-order valence-corrected chi connectivity index (χ3v) is 4.65. The number of hydrogen-bond acceptors (Lipinski definition) is 5. The maximum Gasteiger partial charge on any atom is 0.221 e. The predicted molar refractivity (Wildman–Crippen MR) is 101 cm³/mol. The standard InChI is InChI=1S/C18H23O4P.CH4O/c1-20-18(21-2,15-9-5-4-6-10-15)16-11-7-8-14(12-16)17(19)13-23-22-3;1-2/h5,7-12,23H,4,6,13H2,1-3H3;2H,1H3. The highest BCUT2D eigenvalue weighted by atomic mass is 31.1. The lowest BCUT2D eigenvalue weighted by Gasteiger charge is -2.33. The van der Waals surface area contributed by atoms with Crippen LogP contribution in [0.5, 0.6) is 0 Å². The number of allylic oxidation sites excluding steroid dienone is 2. The first-order chi connectivity index (χ1) is 12.2. The minimum atomic E-state index is -0.989. The third kappa shape index (κ3) is 5.30. The van der Waals surface area contributed by atoms with Crippen LogP contribution in [-0.2, 0) is 19.8 Å². The molecule has 0 aliphatic heterocycles. The second-order valence-corrected chi connectivity index (χ2v) is 6.24. The summed E-state index contributed by atoms with van der Waals surface area (Å²) in [4.78, 5) is 12.3. The first-order valence-electron chi connectivity index (χ1n) is 7.99. The molecule has 25 heavy (non-hydrogen) atoms. The molecule has 1 aliphatic carbocycles. The Balaban J connectivity index is 0.00000151. The number of methoxy groups -OCH3 is 2. The summed E-state index contributed by atoms with van der Waals surface area (Å²) < 4.78 is 16.5. The lowest BCUT2D eigenvalue weighted by Crippen LogP contribution is -2.33. The van der Waals surface area contributed by atoms with E-state index in [9.17, 15) is 4.79 Å². The third-order valence-electron chi connectivity index (χ3n) is 3.89. The number of benzene rings is 1. The van der Waals surface area contributed by atoms with Crippen molar-refractivity contribution in [3.63, 3.8) is 0 Å². The minimum Gasteiger partial charge on any atom is -0.400 e. The van der Waals surface area contributed by atoms with Gasteiger partial charge in [-0.05, 0) is 18.9 Å². The van der Waals surface area contributed by atoms with Crippen LogP contribution in [0.4, 0.5) is 0 Å². The molecule has 0 bridgehead atoms. The number of aliphatic hydroxyl groups excluding tert-OH is 1. The smallest absolute Gasteiger partial charge is 0.221 e. The Morgan fingerprint density at radius 3 is 2.48 bits per heavy atom. The largest absolute Gasteiger partial charge is 0.400 e. The fraction of sp³-hybridized carbons (Fsp3) is 0.421. The summed E-state index contributed by atoms with van der Waals surface area (Å²) in [6.45, 7) is 0. The van der Waals surface area contributed by atoms with E-state index in [0.29, 0.717) is 11.7 Å². The number of hydrogen-bond donors (Lipinski definition) is 1. The molecule has 1 atom stereocenters. The van der Waals surface area contributed by atoms with Crippen LogP contribution in [0.15, 0.2) is 48.1 Å². The highest BCUT2D eigenvalue weighted by molar-refractivity contribution is 7.33. The predicted octanol–water partition coefficient (Wildman–Crippen LogP) is 3.44. The molecule has 0 fully saturated rings. The van der Waals surface area contributed by atoms with Gasteiger partial charge >= 0.3 is 0 Å². The van der Waals surface area contributed by atoms with Crippen molar-refractivity contribution in [3.8, 4) is 0 Å². The molecule has 138 valence electrons. The molecule has 5 nitrogen and oxygen atoms in total. The Kier molecular flexibility index (Phi) is 9.79. The summed E-state index contributed by atoms with van der Waals surface area (Å²) in [5.41, 5.74) is 2.41. The number of Topliss-reactive ketones (excluding diaryl/α,β-unsaturated/α-hetero) is 1. The Hall–Kier alpha value is -1.36. The van der Waals surface area contributed by atoms with Crippen molar-refractivity contribution < 1.29 is 23.9 Å². The minimum absolute atomic E-state index is 0.0568. The number of carbonyl (C=O) groups is 1. The number of aliphatic hydroxyl groups is 1. The highest BCUT2D eigenvalue weighted by Gasteiger charge is 2.36. The molecule has 0 saturated carbocycles. The highest BCUT2D eigenvalue weighted by Crippen LogP contribution is 2.37. The number of rotatable bonds is 8. The van der Waals surface area contributed by atoms with Gasteiger partial charge in [-0.25, -0.2) is 0 Å². The van der Waals surface area contributed by atoms with Crippen LogP contribution in [-0.4, -0.2) is 45.5 Å². The molecule has 0 spiro atoms.